The molecule has 29 heavy (non-hydrogen) atoms. The number of nitrogens with one attached hydrogen (secondary N) is 1. The van der Waals surface area contributed by atoms with E-state index in [0.29, 0.717) is 17.3 Å². The van der Waals surface area contributed by atoms with Gasteiger partial charge in [0.25, 0.3) is 5.91 Å². The first kappa shape index (κ1) is 18.5. The molecule has 148 valence electrons. The standard InChI is InChI=1S/C21H20N4O4/c1-28-16-8-7-13(9-17(16)29-11-18(22)26)15-10-19(27)24-21-20(15)23-12-25(21)14-5-3-2-4-6-14/h2-9,12,15H,10-11H2,1H3,(H2,22,26)(H,24,27)/t15-/m1/s1. The van der Waals surface area contributed by atoms with Crippen LogP contribution in [0.4, 0.5) is 5.82 Å². The highest BCUT2D eigenvalue weighted by Crippen LogP contribution is 2.40. The van der Waals surface area contributed by atoms with E-state index in [0.717, 1.165) is 16.9 Å². The van der Waals surface area contributed by atoms with Gasteiger partial charge in [-0.1, -0.05) is 24.3 Å². The van der Waals surface area contributed by atoms with Crippen LogP contribution in [0.5, 0.6) is 11.5 Å². The average Bonchev–Trinajstić information content (AvgIpc) is 3.15. The summed E-state index contributed by atoms with van der Waals surface area (Å²) < 4.78 is 12.6. The number of benzene rings is 2. The summed E-state index contributed by atoms with van der Waals surface area (Å²) in [6, 6.07) is 15.0. The van der Waals surface area contributed by atoms with Gasteiger partial charge in [-0.15, -0.1) is 0 Å². The number of anilines is 1. The number of aromatic nitrogens is 2. The molecule has 3 N–H and O–H groups in total. The number of primary amides is 1. The van der Waals surface area contributed by atoms with E-state index in [2.05, 4.69) is 10.3 Å². The molecule has 0 saturated heterocycles. The van der Waals surface area contributed by atoms with Crippen molar-refractivity contribution in [3.8, 4) is 17.2 Å². The molecule has 1 aliphatic rings. The predicted octanol–water partition coefficient (Wildman–Crippen LogP) is 2.22. The van der Waals surface area contributed by atoms with Gasteiger partial charge in [-0.3, -0.25) is 14.2 Å². The number of methoxy groups -OCH3 is 1. The van der Waals surface area contributed by atoms with E-state index in [9.17, 15) is 9.59 Å². The summed E-state index contributed by atoms with van der Waals surface area (Å²) in [7, 11) is 1.51. The third-order valence-corrected chi connectivity index (χ3v) is 4.77. The van der Waals surface area contributed by atoms with Crippen molar-refractivity contribution >= 4 is 17.6 Å². The SMILES string of the molecule is COc1ccc([C@H]2CC(=O)Nc3c2ncn3-c2ccccc2)cc1OCC(N)=O. The van der Waals surface area contributed by atoms with Crippen molar-refractivity contribution < 1.29 is 19.1 Å². The number of nitrogens with zero attached hydrogens (tertiary/aromatic N) is 2. The van der Waals surface area contributed by atoms with Crippen molar-refractivity contribution in [2.75, 3.05) is 19.0 Å². The van der Waals surface area contributed by atoms with Crippen LogP contribution in [0.25, 0.3) is 5.69 Å². The number of fused-ring (bicyclic) bond motifs is 1. The Labute approximate surface area is 167 Å². The highest BCUT2D eigenvalue weighted by Gasteiger charge is 2.31. The van der Waals surface area contributed by atoms with Gasteiger partial charge < -0.3 is 20.5 Å². The molecule has 8 nitrogen and oxygen atoms in total. The summed E-state index contributed by atoms with van der Waals surface area (Å²) in [5, 5.41) is 2.93. The minimum Gasteiger partial charge on any atom is -0.493 e. The predicted molar refractivity (Wildman–Crippen MR) is 106 cm³/mol. The Kier molecular flexibility index (Phi) is 4.90. The van der Waals surface area contributed by atoms with Gasteiger partial charge in [0.15, 0.2) is 18.1 Å². The Morgan fingerprint density at radius 3 is 2.76 bits per heavy atom. The van der Waals surface area contributed by atoms with Gasteiger partial charge in [-0.2, -0.15) is 0 Å². The fraction of sp³-hybridized carbons (Fsp3) is 0.190. The van der Waals surface area contributed by atoms with Crippen LogP contribution in [0.2, 0.25) is 0 Å². The van der Waals surface area contributed by atoms with Gasteiger partial charge in [0.1, 0.15) is 12.1 Å². The summed E-state index contributed by atoms with van der Waals surface area (Å²) in [4.78, 5) is 28.1. The quantitative estimate of drug-likeness (QED) is 0.669. The van der Waals surface area contributed by atoms with E-state index < -0.39 is 5.91 Å². The number of ether oxygens (including phenoxy) is 2. The lowest BCUT2D eigenvalue weighted by atomic mass is 9.89. The van der Waals surface area contributed by atoms with Crippen molar-refractivity contribution in [2.45, 2.75) is 12.3 Å². The van der Waals surface area contributed by atoms with Crippen LogP contribution < -0.4 is 20.5 Å². The Bertz CT molecular complexity index is 1060. The van der Waals surface area contributed by atoms with Crippen LogP contribution in [0.1, 0.15) is 23.6 Å². The fourth-order valence-electron chi connectivity index (χ4n) is 3.44. The van der Waals surface area contributed by atoms with Gasteiger partial charge in [0, 0.05) is 18.0 Å². The third kappa shape index (κ3) is 3.64. The molecule has 3 aromatic rings. The maximum absolute atomic E-state index is 12.4. The van der Waals surface area contributed by atoms with Crippen molar-refractivity contribution in [1.82, 2.24) is 9.55 Å². The van der Waals surface area contributed by atoms with Gasteiger partial charge >= 0.3 is 0 Å². The first-order valence-electron chi connectivity index (χ1n) is 9.08. The van der Waals surface area contributed by atoms with E-state index in [1.807, 2.05) is 41.0 Å². The van der Waals surface area contributed by atoms with Gasteiger partial charge in [-0.05, 0) is 29.8 Å². The highest BCUT2D eigenvalue weighted by atomic mass is 16.5. The van der Waals surface area contributed by atoms with E-state index >= 15 is 0 Å². The molecule has 1 aliphatic heterocycles. The van der Waals surface area contributed by atoms with Gasteiger partial charge in [0.05, 0.1) is 12.8 Å². The smallest absolute Gasteiger partial charge is 0.255 e. The molecular formula is C21H20N4O4. The number of carbonyl (C=O) groups is 2. The van der Waals surface area contributed by atoms with E-state index in [-0.39, 0.29) is 24.9 Å². The molecule has 0 bridgehead atoms. The number of imidazole rings is 1. The molecule has 2 amide bonds. The molecule has 8 heteroatoms. The maximum atomic E-state index is 12.4. The third-order valence-electron chi connectivity index (χ3n) is 4.77. The number of carbonyl (C=O) groups excluding carboxylic acids is 2. The molecule has 1 aromatic heterocycles. The zero-order valence-electron chi connectivity index (χ0n) is 15.8. The monoisotopic (exact) mass is 392 g/mol. The molecule has 2 aromatic carbocycles. The van der Waals surface area contributed by atoms with E-state index in [1.165, 1.54) is 7.11 Å². The highest BCUT2D eigenvalue weighted by molar-refractivity contribution is 5.94. The minimum atomic E-state index is -0.585. The zero-order valence-corrected chi connectivity index (χ0v) is 15.8. The minimum absolute atomic E-state index is 0.101. The normalized spacial score (nSPS) is 15.3. The number of rotatable bonds is 6. The second-order valence-electron chi connectivity index (χ2n) is 6.65. The van der Waals surface area contributed by atoms with Crippen molar-refractivity contribution in [2.24, 2.45) is 5.73 Å². The molecule has 0 unspecified atom stereocenters. The summed E-state index contributed by atoms with van der Waals surface area (Å²) in [6.07, 6.45) is 1.95. The number of amides is 2. The largest absolute Gasteiger partial charge is 0.493 e. The van der Waals surface area contributed by atoms with E-state index in [4.69, 9.17) is 15.2 Å². The Morgan fingerprint density at radius 1 is 1.24 bits per heavy atom. The Hall–Kier alpha value is -3.81. The molecule has 0 radical (unpaired) electrons. The van der Waals surface area contributed by atoms with Crippen LogP contribution in [0, 0.1) is 0 Å². The van der Waals surface area contributed by atoms with E-state index in [1.54, 1.807) is 18.5 Å². The summed E-state index contributed by atoms with van der Waals surface area (Å²) in [6.45, 7) is -0.265. The van der Waals surface area contributed by atoms with Crippen LogP contribution in [0.15, 0.2) is 54.9 Å². The number of para-hydroxylation sites is 1. The number of nitrogens with two attached hydrogens (primary N) is 1. The molecular weight excluding hydrogens is 372 g/mol. The van der Waals surface area contributed by atoms with Gasteiger partial charge in [-0.25, -0.2) is 4.98 Å². The lowest BCUT2D eigenvalue weighted by molar-refractivity contribution is -0.120. The molecule has 0 aliphatic carbocycles. The first-order chi connectivity index (χ1) is 14.1. The van der Waals surface area contributed by atoms with Crippen molar-refractivity contribution in [3.63, 3.8) is 0 Å². The lowest BCUT2D eigenvalue weighted by Gasteiger charge is -2.24. The van der Waals surface area contributed by atoms with Crippen LogP contribution in [0.3, 0.4) is 0 Å². The van der Waals surface area contributed by atoms with Crippen LogP contribution in [-0.2, 0) is 9.59 Å². The second kappa shape index (κ2) is 7.67. The molecule has 1 atom stereocenters. The second-order valence-corrected chi connectivity index (χ2v) is 6.65. The van der Waals surface area contributed by atoms with Crippen LogP contribution in [-0.4, -0.2) is 35.1 Å². The molecule has 2 heterocycles. The summed E-state index contributed by atoms with van der Waals surface area (Å²) >= 11 is 0. The van der Waals surface area contributed by atoms with Crippen molar-refractivity contribution in [3.05, 3.63) is 66.1 Å². The fourth-order valence-corrected chi connectivity index (χ4v) is 3.44. The van der Waals surface area contributed by atoms with Crippen LogP contribution >= 0.6 is 0 Å². The maximum Gasteiger partial charge on any atom is 0.255 e. The Balaban J connectivity index is 1.74. The average molecular weight is 392 g/mol. The lowest BCUT2D eigenvalue weighted by Crippen LogP contribution is -2.25. The molecule has 0 spiro atoms. The summed E-state index contributed by atoms with van der Waals surface area (Å²) in [5.41, 5.74) is 7.68. The Morgan fingerprint density at radius 2 is 2.03 bits per heavy atom. The van der Waals surface area contributed by atoms with Gasteiger partial charge in [0.2, 0.25) is 5.91 Å². The zero-order chi connectivity index (χ0) is 20.4. The molecule has 4 rings (SSSR count). The molecule has 0 saturated carbocycles. The van der Waals surface area contributed by atoms with Crippen molar-refractivity contribution in [1.29, 1.82) is 0 Å². The summed E-state index contributed by atoms with van der Waals surface area (Å²) in [5.74, 6) is 0.566. The first-order valence-corrected chi connectivity index (χ1v) is 9.08. The number of hydrogen-bond acceptors (Lipinski definition) is 5. The topological polar surface area (TPSA) is 108 Å². The molecule has 0 fully saturated rings. The number of hydrogen-bond donors (Lipinski definition) is 2.